The molecule has 1 aliphatic rings. The highest BCUT2D eigenvalue weighted by Gasteiger charge is 2.18. The SMILES string of the molecule is NC1=CN(Cc2ccc(Cl)cc2)ON1O. The van der Waals surface area contributed by atoms with Crippen LogP contribution in [0.3, 0.4) is 0 Å². The van der Waals surface area contributed by atoms with Crippen LogP contribution in [0.4, 0.5) is 0 Å². The molecule has 0 spiro atoms. The Kier molecular flexibility index (Phi) is 2.68. The first-order valence-corrected chi connectivity index (χ1v) is 4.68. The number of nitrogens with two attached hydrogens (primary N) is 1. The average molecular weight is 228 g/mol. The van der Waals surface area contributed by atoms with E-state index in [-0.39, 0.29) is 5.82 Å². The molecule has 15 heavy (non-hydrogen) atoms. The van der Waals surface area contributed by atoms with Gasteiger partial charge in [0.1, 0.15) is 0 Å². The summed E-state index contributed by atoms with van der Waals surface area (Å²) in [5, 5.41) is 11.7. The molecule has 6 heteroatoms. The van der Waals surface area contributed by atoms with E-state index in [1.165, 1.54) is 11.3 Å². The molecule has 1 heterocycles. The highest BCUT2D eigenvalue weighted by atomic mass is 35.5. The van der Waals surface area contributed by atoms with Crippen molar-refractivity contribution in [2.45, 2.75) is 6.54 Å². The summed E-state index contributed by atoms with van der Waals surface area (Å²) >= 11 is 5.75. The van der Waals surface area contributed by atoms with Crippen LogP contribution in [0, 0.1) is 0 Å². The quantitative estimate of drug-likeness (QED) is 0.801. The van der Waals surface area contributed by atoms with Gasteiger partial charge in [-0.25, -0.2) is 5.06 Å². The van der Waals surface area contributed by atoms with Gasteiger partial charge in [-0.1, -0.05) is 29.0 Å². The molecular weight excluding hydrogens is 218 g/mol. The van der Waals surface area contributed by atoms with Crippen LogP contribution in [-0.2, 0) is 11.5 Å². The standard InChI is InChI=1S/C9H10ClN3O2/c10-8-3-1-7(2-4-8)5-12-6-9(11)13(14)15-12/h1-4,6,14H,5,11H2. The van der Waals surface area contributed by atoms with Crippen LogP contribution in [0.2, 0.25) is 5.02 Å². The largest absolute Gasteiger partial charge is 0.380 e. The Labute approximate surface area is 91.8 Å². The van der Waals surface area contributed by atoms with Gasteiger partial charge in [-0.3, -0.25) is 5.21 Å². The summed E-state index contributed by atoms with van der Waals surface area (Å²) in [6.45, 7) is 0.481. The van der Waals surface area contributed by atoms with Crippen LogP contribution < -0.4 is 5.73 Å². The molecule has 1 aromatic carbocycles. The van der Waals surface area contributed by atoms with Crippen molar-refractivity contribution < 1.29 is 10.1 Å². The molecule has 5 nitrogen and oxygen atoms in total. The van der Waals surface area contributed by atoms with Gasteiger partial charge in [-0.15, -0.1) is 4.94 Å². The average Bonchev–Trinajstić information content (AvgIpc) is 2.50. The molecule has 1 aromatic rings. The van der Waals surface area contributed by atoms with Crippen LogP contribution in [-0.4, -0.2) is 15.5 Å². The zero-order chi connectivity index (χ0) is 10.8. The smallest absolute Gasteiger partial charge is 0.176 e. The third kappa shape index (κ3) is 2.33. The molecule has 3 N–H and O–H groups in total. The second kappa shape index (κ2) is 3.98. The number of rotatable bonds is 2. The molecule has 0 bridgehead atoms. The first-order chi connectivity index (χ1) is 7.15. The van der Waals surface area contributed by atoms with Crippen molar-refractivity contribution in [1.29, 1.82) is 0 Å². The molecule has 1 aliphatic heterocycles. The third-order valence-electron chi connectivity index (χ3n) is 1.93. The molecule has 0 aromatic heterocycles. The number of hydrogen-bond acceptors (Lipinski definition) is 5. The second-order valence-electron chi connectivity index (χ2n) is 3.11. The second-order valence-corrected chi connectivity index (χ2v) is 3.55. The summed E-state index contributed by atoms with van der Waals surface area (Å²) in [4.78, 5) is 4.88. The Hall–Kier alpha value is -1.43. The van der Waals surface area contributed by atoms with Gasteiger partial charge in [-0.05, 0) is 17.7 Å². The number of benzene rings is 1. The van der Waals surface area contributed by atoms with E-state index in [4.69, 9.17) is 27.5 Å². The fraction of sp³-hybridized carbons (Fsp3) is 0.111. The van der Waals surface area contributed by atoms with Crippen molar-refractivity contribution >= 4 is 11.6 Å². The summed E-state index contributed by atoms with van der Waals surface area (Å²) in [7, 11) is 0. The van der Waals surface area contributed by atoms with E-state index in [0.717, 1.165) is 5.56 Å². The lowest BCUT2D eigenvalue weighted by Crippen LogP contribution is -2.22. The maximum absolute atomic E-state index is 9.05. The Morgan fingerprint density at radius 2 is 2.00 bits per heavy atom. The van der Waals surface area contributed by atoms with Crippen molar-refractivity contribution in [3.8, 4) is 0 Å². The zero-order valence-corrected chi connectivity index (χ0v) is 8.55. The minimum absolute atomic E-state index is 0.143. The van der Waals surface area contributed by atoms with E-state index >= 15 is 0 Å². The van der Waals surface area contributed by atoms with Crippen molar-refractivity contribution in [2.24, 2.45) is 5.73 Å². The molecular formula is C9H10ClN3O2. The lowest BCUT2D eigenvalue weighted by atomic mass is 10.2. The van der Waals surface area contributed by atoms with E-state index in [0.29, 0.717) is 16.8 Å². The molecule has 0 unspecified atom stereocenters. The summed E-state index contributed by atoms with van der Waals surface area (Å²) in [6, 6.07) is 7.32. The van der Waals surface area contributed by atoms with E-state index in [1.54, 1.807) is 12.1 Å². The highest BCUT2D eigenvalue weighted by Crippen LogP contribution is 2.16. The van der Waals surface area contributed by atoms with Crippen molar-refractivity contribution in [3.05, 3.63) is 46.9 Å². The van der Waals surface area contributed by atoms with Gasteiger partial charge < -0.3 is 5.73 Å². The molecule has 0 radical (unpaired) electrons. The van der Waals surface area contributed by atoms with Gasteiger partial charge in [0.25, 0.3) is 0 Å². The minimum Gasteiger partial charge on any atom is -0.380 e. The first kappa shape index (κ1) is 10.1. The molecule has 0 fully saturated rings. The van der Waals surface area contributed by atoms with Crippen LogP contribution >= 0.6 is 11.6 Å². The number of nitrogens with zero attached hydrogens (tertiary/aromatic N) is 2. The Morgan fingerprint density at radius 3 is 2.53 bits per heavy atom. The molecule has 0 saturated carbocycles. The van der Waals surface area contributed by atoms with Gasteiger partial charge in [0.2, 0.25) is 0 Å². The van der Waals surface area contributed by atoms with E-state index in [1.807, 2.05) is 12.1 Å². The highest BCUT2D eigenvalue weighted by molar-refractivity contribution is 6.30. The molecule has 0 atom stereocenters. The predicted molar refractivity (Wildman–Crippen MR) is 54.0 cm³/mol. The zero-order valence-electron chi connectivity index (χ0n) is 7.80. The normalized spacial score (nSPS) is 15.7. The maximum Gasteiger partial charge on any atom is 0.176 e. The molecule has 0 aliphatic carbocycles. The summed E-state index contributed by atoms with van der Waals surface area (Å²) < 4.78 is 0. The predicted octanol–water partition coefficient (Wildman–Crippen LogP) is 1.45. The van der Waals surface area contributed by atoms with Gasteiger partial charge in [0, 0.05) is 5.02 Å². The lowest BCUT2D eigenvalue weighted by Gasteiger charge is -2.15. The van der Waals surface area contributed by atoms with Crippen molar-refractivity contribution in [3.63, 3.8) is 0 Å². The Balaban J connectivity index is 2.02. The van der Waals surface area contributed by atoms with Crippen LogP contribution in [0.1, 0.15) is 5.56 Å². The van der Waals surface area contributed by atoms with Gasteiger partial charge in [0.05, 0.1) is 12.7 Å². The Bertz CT molecular complexity index is 379. The van der Waals surface area contributed by atoms with E-state index in [9.17, 15) is 0 Å². The van der Waals surface area contributed by atoms with Crippen LogP contribution in [0.25, 0.3) is 0 Å². The molecule has 0 amide bonds. The van der Waals surface area contributed by atoms with Crippen molar-refractivity contribution in [2.75, 3.05) is 0 Å². The minimum atomic E-state index is 0.143. The summed E-state index contributed by atoms with van der Waals surface area (Å²) in [5.74, 6) is 0.143. The number of hydrogen-bond donors (Lipinski definition) is 2. The topological polar surface area (TPSA) is 62.0 Å². The van der Waals surface area contributed by atoms with E-state index < -0.39 is 0 Å². The molecule has 80 valence electrons. The van der Waals surface area contributed by atoms with Crippen LogP contribution in [0.5, 0.6) is 0 Å². The first-order valence-electron chi connectivity index (χ1n) is 4.30. The summed E-state index contributed by atoms with van der Waals surface area (Å²) in [5.41, 5.74) is 6.39. The van der Waals surface area contributed by atoms with Gasteiger partial charge in [0.15, 0.2) is 5.82 Å². The monoisotopic (exact) mass is 227 g/mol. The number of hydroxylamine groups is 4. The fourth-order valence-corrected chi connectivity index (χ4v) is 1.34. The van der Waals surface area contributed by atoms with E-state index in [2.05, 4.69) is 0 Å². The molecule has 2 rings (SSSR count). The third-order valence-corrected chi connectivity index (χ3v) is 2.18. The fourth-order valence-electron chi connectivity index (χ4n) is 1.21. The molecule has 0 saturated heterocycles. The van der Waals surface area contributed by atoms with Gasteiger partial charge in [-0.2, -0.15) is 0 Å². The van der Waals surface area contributed by atoms with Crippen molar-refractivity contribution in [1.82, 2.24) is 10.3 Å². The Morgan fingerprint density at radius 1 is 1.33 bits per heavy atom. The lowest BCUT2D eigenvalue weighted by molar-refractivity contribution is -0.389. The summed E-state index contributed by atoms with van der Waals surface area (Å²) in [6.07, 6.45) is 1.49. The van der Waals surface area contributed by atoms with Gasteiger partial charge >= 0.3 is 0 Å². The van der Waals surface area contributed by atoms with Crippen LogP contribution in [0.15, 0.2) is 36.3 Å². The number of halogens is 1. The maximum atomic E-state index is 9.05.